The van der Waals surface area contributed by atoms with Crippen molar-refractivity contribution in [3.8, 4) is 5.75 Å². The monoisotopic (exact) mass is 562 g/mol. The van der Waals surface area contributed by atoms with Gasteiger partial charge in [-0.15, -0.1) is 0 Å². The lowest BCUT2D eigenvalue weighted by atomic mass is 9.96. The SMILES string of the molecule is CCCCc1ccc(CCc2ccc3c(F)c(CCc4cc(F)c(OCC(F)(F)F)c(F)c4)ccc3c2)c(F)c1. The molecule has 0 amide bonds. The number of hydrogen-bond donors (Lipinski definition) is 0. The molecular weight excluding hydrogens is 533 g/mol. The van der Waals surface area contributed by atoms with E-state index >= 15 is 4.39 Å². The molecule has 0 unspecified atom stereocenters. The Bertz CT molecular complexity index is 1450. The Balaban J connectivity index is 1.41. The smallest absolute Gasteiger partial charge is 0.422 e. The molecule has 0 bridgehead atoms. The topological polar surface area (TPSA) is 9.23 Å². The molecular formula is C32H29F7O. The van der Waals surface area contributed by atoms with Crippen molar-refractivity contribution < 1.29 is 35.5 Å². The van der Waals surface area contributed by atoms with E-state index in [4.69, 9.17) is 0 Å². The first-order valence-corrected chi connectivity index (χ1v) is 13.2. The zero-order valence-corrected chi connectivity index (χ0v) is 22.0. The largest absolute Gasteiger partial charge is 0.478 e. The van der Waals surface area contributed by atoms with Gasteiger partial charge in [0.15, 0.2) is 24.0 Å². The van der Waals surface area contributed by atoms with Crippen molar-refractivity contribution in [1.82, 2.24) is 0 Å². The fourth-order valence-corrected chi connectivity index (χ4v) is 4.67. The van der Waals surface area contributed by atoms with Gasteiger partial charge in [-0.25, -0.2) is 17.6 Å². The quantitative estimate of drug-likeness (QED) is 0.166. The predicted octanol–water partition coefficient (Wildman–Crippen LogP) is 9.25. The van der Waals surface area contributed by atoms with E-state index < -0.39 is 36.0 Å². The molecule has 8 heteroatoms. The molecule has 0 fully saturated rings. The molecule has 0 aromatic heterocycles. The zero-order chi connectivity index (χ0) is 28.9. The maximum atomic E-state index is 15.2. The van der Waals surface area contributed by atoms with Crippen LogP contribution in [0.25, 0.3) is 10.8 Å². The van der Waals surface area contributed by atoms with E-state index in [1.165, 1.54) is 0 Å². The molecule has 0 aliphatic rings. The van der Waals surface area contributed by atoms with E-state index in [0.717, 1.165) is 42.5 Å². The summed E-state index contributed by atoms with van der Waals surface area (Å²) in [4.78, 5) is 0. The van der Waals surface area contributed by atoms with Gasteiger partial charge in [-0.2, -0.15) is 13.2 Å². The van der Waals surface area contributed by atoms with Crippen LogP contribution in [-0.2, 0) is 32.1 Å². The van der Waals surface area contributed by atoms with Crippen LogP contribution in [0.4, 0.5) is 30.7 Å². The molecule has 4 rings (SSSR count). The number of ether oxygens (including phenoxy) is 1. The Labute approximate surface area is 228 Å². The highest BCUT2D eigenvalue weighted by Crippen LogP contribution is 2.28. The van der Waals surface area contributed by atoms with E-state index in [0.29, 0.717) is 34.7 Å². The number of hydrogen-bond acceptors (Lipinski definition) is 1. The average Bonchev–Trinajstić information content (AvgIpc) is 2.90. The molecule has 1 nitrogen and oxygen atoms in total. The summed E-state index contributed by atoms with van der Waals surface area (Å²) in [5, 5.41) is 1.07. The highest BCUT2D eigenvalue weighted by Gasteiger charge is 2.30. The van der Waals surface area contributed by atoms with Gasteiger partial charge in [0.05, 0.1) is 0 Å². The lowest BCUT2D eigenvalue weighted by Gasteiger charge is -2.12. The Morgan fingerprint density at radius 2 is 1.23 bits per heavy atom. The molecule has 0 atom stereocenters. The normalized spacial score (nSPS) is 11.8. The molecule has 0 radical (unpaired) electrons. The third kappa shape index (κ3) is 7.55. The van der Waals surface area contributed by atoms with E-state index in [1.54, 1.807) is 30.3 Å². The Kier molecular flexibility index (Phi) is 9.38. The van der Waals surface area contributed by atoms with Crippen LogP contribution in [0.1, 0.15) is 47.6 Å². The average molecular weight is 563 g/mol. The summed E-state index contributed by atoms with van der Waals surface area (Å²) in [6.45, 7) is 0.282. The van der Waals surface area contributed by atoms with Gasteiger partial charge in [0.2, 0.25) is 0 Å². The van der Waals surface area contributed by atoms with Crippen molar-refractivity contribution in [2.45, 2.75) is 58.0 Å². The van der Waals surface area contributed by atoms with Crippen LogP contribution in [0.15, 0.2) is 60.7 Å². The third-order valence-corrected chi connectivity index (χ3v) is 6.84. The maximum absolute atomic E-state index is 15.2. The van der Waals surface area contributed by atoms with Crippen molar-refractivity contribution in [3.63, 3.8) is 0 Å². The van der Waals surface area contributed by atoms with Gasteiger partial charge < -0.3 is 4.74 Å². The molecule has 40 heavy (non-hydrogen) atoms. The number of alkyl halides is 3. The number of unbranched alkanes of at least 4 members (excludes halogenated alkanes) is 1. The number of rotatable bonds is 11. The molecule has 0 saturated heterocycles. The van der Waals surface area contributed by atoms with Gasteiger partial charge in [-0.05, 0) is 89.9 Å². The maximum Gasteiger partial charge on any atom is 0.422 e. The van der Waals surface area contributed by atoms with Crippen molar-refractivity contribution in [1.29, 1.82) is 0 Å². The lowest BCUT2D eigenvalue weighted by Crippen LogP contribution is -2.20. The van der Waals surface area contributed by atoms with Gasteiger partial charge in [-0.1, -0.05) is 55.8 Å². The third-order valence-electron chi connectivity index (χ3n) is 6.84. The molecule has 0 heterocycles. The molecule has 0 aliphatic carbocycles. The van der Waals surface area contributed by atoms with E-state index in [1.807, 2.05) is 18.2 Å². The van der Waals surface area contributed by atoms with Gasteiger partial charge in [0.25, 0.3) is 0 Å². The lowest BCUT2D eigenvalue weighted by molar-refractivity contribution is -0.154. The molecule has 0 aliphatic heterocycles. The van der Waals surface area contributed by atoms with Crippen LogP contribution < -0.4 is 4.74 Å². The molecule has 4 aromatic carbocycles. The second-order valence-electron chi connectivity index (χ2n) is 9.92. The standard InChI is InChI=1S/C32H29F7O/c1-2-3-4-20-5-9-23(27(33)16-20)10-6-21-8-14-26-25(15-21)13-12-24(30(26)36)11-7-22-17-28(34)31(29(35)18-22)40-19-32(37,38)39/h5,8-9,12-18H,2-4,6-7,10-11,19H2,1H3. The van der Waals surface area contributed by atoms with Gasteiger partial charge in [-0.3, -0.25) is 0 Å². The molecule has 0 N–H and O–H groups in total. The molecule has 4 aromatic rings. The first-order chi connectivity index (χ1) is 19.0. The van der Waals surface area contributed by atoms with Crippen molar-refractivity contribution in [2.24, 2.45) is 0 Å². The predicted molar refractivity (Wildman–Crippen MR) is 142 cm³/mol. The Morgan fingerprint density at radius 1 is 0.625 bits per heavy atom. The van der Waals surface area contributed by atoms with Gasteiger partial charge in [0.1, 0.15) is 11.6 Å². The van der Waals surface area contributed by atoms with Crippen LogP contribution in [0, 0.1) is 23.3 Å². The summed E-state index contributed by atoms with van der Waals surface area (Å²) in [7, 11) is 0. The second-order valence-corrected chi connectivity index (χ2v) is 9.92. The Morgan fingerprint density at radius 3 is 1.90 bits per heavy atom. The second kappa shape index (κ2) is 12.7. The number of fused-ring (bicyclic) bond motifs is 1. The van der Waals surface area contributed by atoms with Crippen molar-refractivity contribution >= 4 is 10.8 Å². The molecule has 0 saturated carbocycles. The summed E-state index contributed by atoms with van der Waals surface area (Å²) in [5.74, 6) is -4.27. The van der Waals surface area contributed by atoms with Crippen molar-refractivity contribution in [3.05, 3.63) is 112 Å². The highest BCUT2D eigenvalue weighted by molar-refractivity contribution is 5.84. The summed E-state index contributed by atoms with van der Waals surface area (Å²) < 4.78 is 99.3. The van der Waals surface area contributed by atoms with Crippen molar-refractivity contribution in [2.75, 3.05) is 6.61 Å². The first-order valence-electron chi connectivity index (χ1n) is 13.2. The summed E-state index contributed by atoms with van der Waals surface area (Å²) in [6, 6.07) is 15.9. The summed E-state index contributed by atoms with van der Waals surface area (Å²) >= 11 is 0. The van der Waals surface area contributed by atoms with Crippen LogP contribution in [0.5, 0.6) is 5.75 Å². The first kappa shape index (κ1) is 29.4. The Hall–Kier alpha value is -3.55. The highest BCUT2D eigenvalue weighted by atomic mass is 19.4. The summed E-state index contributed by atoms with van der Waals surface area (Å²) in [6.07, 6.45) is -0.523. The van der Waals surface area contributed by atoms with Gasteiger partial charge >= 0.3 is 6.18 Å². The fourth-order valence-electron chi connectivity index (χ4n) is 4.67. The van der Waals surface area contributed by atoms with Crippen LogP contribution in [-0.4, -0.2) is 12.8 Å². The van der Waals surface area contributed by atoms with Crippen LogP contribution in [0.2, 0.25) is 0 Å². The minimum Gasteiger partial charge on any atom is -0.478 e. The van der Waals surface area contributed by atoms with Crippen LogP contribution in [0.3, 0.4) is 0 Å². The van der Waals surface area contributed by atoms with E-state index in [-0.39, 0.29) is 24.2 Å². The summed E-state index contributed by atoms with van der Waals surface area (Å²) in [5.41, 5.74) is 3.06. The van der Waals surface area contributed by atoms with E-state index in [2.05, 4.69) is 11.7 Å². The number of aryl methyl sites for hydroxylation is 5. The minimum absolute atomic E-state index is 0.0662. The van der Waals surface area contributed by atoms with Crippen LogP contribution >= 0.6 is 0 Å². The minimum atomic E-state index is -4.73. The molecule has 212 valence electrons. The number of benzene rings is 4. The number of halogens is 7. The zero-order valence-electron chi connectivity index (χ0n) is 22.0. The fraction of sp³-hybridized carbons (Fsp3) is 0.312. The van der Waals surface area contributed by atoms with Gasteiger partial charge in [0, 0.05) is 5.39 Å². The molecule has 0 spiro atoms. The van der Waals surface area contributed by atoms with E-state index in [9.17, 15) is 26.3 Å².